The monoisotopic (exact) mass is 264 g/mol. The van der Waals surface area contributed by atoms with Crippen molar-refractivity contribution in [3.63, 3.8) is 0 Å². The lowest BCUT2D eigenvalue weighted by molar-refractivity contribution is 0.296. The number of aryl methyl sites for hydroxylation is 1. The molecule has 0 unspecified atom stereocenters. The minimum absolute atomic E-state index is 0.0557. The molecule has 19 heavy (non-hydrogen) atoms. The number of rotatable bonds is 4. The lowest BCUT2D eigenvalue weighted by atomic mass is 10.2. The SMILES string of the molecule is COc1ccc(F)cc1-c1nc(C)c(CCO)n1C. The van der Waals surface area contributed by atoms with Crippen molar-refractivity contribution >= 4 is 0 Å². The van der Waals surface area contributed by atoms with Crippen molar-refractivity contribution < 1.29 is 14.2 Å². The molecule has 5 heteroatoms. The van der Waals surface area contributed by atoms with E-state index in [4.69, 9.17) is 9.84 Å². The van der Waals surface area contributed by atoms with E-state index in [-0.39, 0.29) is 12.4 Å². The van der Waals surface area contributed by atoms with Gasteiger partial charge in [0.05, 0.1) is 18.4 Å². The molecule has 4 nitrogen and oxygen atoms in total. The van der Waals surface area contributed by atoms with Crippen molar-refractivity contribution in [3.8, 4) is 17.1 Å². The normalized spacial score (nSPS) is 10.8. The van der Waals surface area contributed by atoms with E-state index in [1.54, 1.807) is 13.2 Å². The average Bonchev–Trinajstić information content (AvgIpc) is 2.67. The molecule has 0 atom stereocenters. The third-order valence-electron chi connectivity index (χ3n) is 3.16. The van der Waals surface area contributed by atoms with E-state index in [0.717, 1.165) is 11.4 Å². The number of aliphatic hydroxyl groups excluding tert-OH is 1. The summed E-state index contributed by atoms with van der Waals surface area (Å²) in [5.41, 5.74) is 2.37. The van der Waals surface area contributed by atoms with Gasteiger partial charge in [0.2, 0.25) is 0 Å². The Balaban J connectivity index is 2.59. The molecule has 0 aliphatic carbocycles. The summed E-state index contributed by atoms with van der Waals surface area (Å²) < 4.78 is 20.5. The molecule has 1 N–H and O–H groups in total. The van der Waals surface area contributed by atoms with Crippen molar-refractivity contribution in [2.45, 2.75) is 13.3 Å². The summed E-state index contributed by atoms with van der Waals surface area (Å²) in [5.74, 6) is 0.877. The Labute approximate surface area is 111 Å². The molecule has 0 aliphatic rings. The third-order valence-corrected chi connectivity index (χ3v) is 3.16. The van der Waals surface area contributed by atoms with Crippen LogP contribution in [0.1, 0.15) is 11.4 Å². The number of imidazole rings is 1. The zero-order valence-electron chi connectivity index (χ0n) is 11.3. The highest BCUT2D eigenvalue weighted by atomic mass is 19.1. The van der Waals surface area contributed by atoms with Gasteiger partial charge in [-0.25, -0.2) is 9.37 Å². The summed E-state index contributed by atoms with van der Waals surface area (Å²) in [5, 5.41) is 9.07. The van der Waals surface area contributed by atoms with E-state index in [9.17, 15) is 4.39 Å². The molecule has 1 aromatic carbocycles. The van der Waals surface area contributed by atoms with E-state index < -0.39 is 0 Å². The van der Waals surface area contributed by atoms with Crippen molar-refractivity contribution in [2.75, 3.05) is 13.7 Å². The molecule has 102 valence electrons. The number of methoxy groups -OCH3 is 1. The summed E-state index contributed by atoms with van der Waals surface area (Å²) >= 11 is 0. The predicted molar refractivity (Wildman–Crippen MR) is 70.7 cm³/mol. The van der Waals surface area contributed by atoms with Crippen LogP contribution < -0.4 is 4.74 Å². The summed E-state index contributed by atoms with van der Waals surface area (Å²) in [6.07, 6.45) is 0.521. The van der Waals surface area contributed by atoms with Crippen LogP contribution >= 0.6 is 0 Å². The first kappa shape index (κ1) is 13.5. The van der Waals surface area contributed by atoms with Crippen LogP contribution in [0.5, 0.6) is 5.75 Å². The number of nitrogens with zero attached hydrogens (tertiary/aromatic N) is 2. The van der Waals surface area contributed by atoms with Gasteiger partial charge in [-0.05, 0) is 25.1 Å². The number of aromatic nitrogens is 2. The second-order valence-corrected chi connectivity index (χ2v) is 4.34. The zero-order valence-corrected chi connectivity index (χ0v) is 11.3. The van der Waals surface area contributed by atoms with Crippen LogP contribution in [-0.2, 0) is 13.5 Å². The molecule has 0 spiro atoms. The van der Waals surface area contributed by atoms with Crippen molar-refractivity contribution in [1.29, 1.82) is 0 Å². The number of aliphatic hydroxyl groups is 1. The van der Waals surface area contributed by atoms with Crippen molar-refractivity contribution in [2.24, 2.45) is 7.05 Å². The van der Waals surface area contributed by atoms with Crippen LogP contribution in [0.3, 0.4) is 0 Å². The van der Waals surface area contributed by atoms with Gasteiger partial charge < -0.3 is 14.4 Å². The van der Waals surface area contributed by atoms with Gasteiger partial charge in [0.1, 0.15) is 17.4 Å². The number of halogens is 1. The highest BCUT2D eigenvalue weighted by Crippen LogP contribution is 2.31. The van der Waals surface area contributed by atoms with Gasteiger partial charge in [-0.15, -0.1) is 0 Å². The molecule has 0 saturated carbocycles. The molecule has 0 bridgehead atoms. The lowest BCUT2D eigenvalue weighted by Gasteiger charge is -2.09. The number of hydrogen-bond donors (Lipinski definition) is 1. The number of ether oxygens (including phenoxy) is 1. The van der Waals surface area contributed by atoms with Crippen LogP contribution in [0.4, 0.5) is 4.39 Å². The molecule has 2 rings (SSSR count). The minimum Gasteiger partial charge on any atom is -0.496 e. The second kappa shape index (κ2) is 5.40. The molecular formula is C14H17FN2O2. The van der Waals surface area contributed by atoms with Crippen LogP contribution in [-0.4, -0.2) is 28.4 Å². The van der Waals surface area contributed by atoms with Gasteiger partial charge in [-0.1, -0.05) is 0 Å². The second-order valence-electron chi connectivity index (χ2n) is 4.34. The molecule has 0 saturated heterocycles. The quantitative estimate of drug-likeness (QED) is 0.919. The number of benzene rings is 1. The maximum atomic E-state index is 13.4. The standard InChI is InChI=1S/C14H17FN2O2/c1-9-12(6-7-18)17(2)14(16-9)11-8-10(15)4-5-13(11)19-3/h4-5,8,18H,6-7H2,1-3H3. The van der Waals surface area contributed by atoms with Gasteiger partial charge in [0.25, 0.3) is 0 Å². The predicted octanol–water partition coefficient (Wildman–Crippen LogP) is 2.08. The Hall–Kier alpha value is -1.88. The first-order valence-electron chi connectivity index (χ1n) is 6.05. The van der Waals surface area contributed by atoms with E-state index in [0.29, 0.717) is 23.6 Å². The fourth-order valence-electron chi connectivity index (χ4n) is 2.22. The van der Waals surface area contributed by atoms with Gasteiger partial charge >= 0.3 is 0 Å². The van der Waals surface area contributed by atoms with Crippen LogP contribution in [0.2, 0.25) is 0 Å². The first-order valence-corrected chi connectivity index (χ1v) is 6.05. The molecule has 2 aromatic rings. The van der Waals surface area contributed by atoms with Crippen molar-refractivity contribution in [3.05, 3.63) is 35.4 Å². The van der Waals surface area contributed by atoms with E-state index >= 15 is 0 Å². The molecule has 0 fully saturated rings. The molecule has 0 aliphatic heterocycles. The maximum absolute atomic E-state index is 13.4. The molecule has 1 aromatic heterocycles. The van der Waals surface area contributed by atoms with Crippen molar-refractivity contribution in [1.82, 2.24) is 9.55 Å². The molecule has 0 radical (unpaired) electrons. The van der Waals surface area contributed by atoms with Gasteiger partial charge in [0, 0.05) is 25.8 Å². The van der Waals surface area contributed by atoms with Gasteiger partial charge in [-0.2, -0.15) is 0 Å². The number of hydrogen-bond acceptors (Lipinski definition) is 3. The highest BCUT2D eigenvalue weighted by molar-refractivity contribution is 5.65. The highest BCUT2D eigenvalue weighted by Gasteiger charge is 2.16. The Morgan fingerprint density at radius 2 is 2.16 bits per heavy atom. The Morgan fingerprint density at radius 3 is 2.79 bits per heavy atom. The van der Waals surface area contributed by atoms with E-state index in [1.165, 1.54) is 12.1 Å². The van der Waals surface area contributed by atoms with Crippen LogP contribution in [0, 0.1) is 12.7 Å². The lowest BCUT2D eigenvalue weighted by Crippen LogP contribution is -2.03. The van der Waals surface area contributed by atoms with Crippen LogP contribution in [0.25, 0.3) is 11.4 Å². The maximum Gasteiger partial charge on any atom is 0.144 e. The molecule has 1 heterocycles. The zero-order chi connectivity index (χ0) is 14.0. The fourth-order valence-corrected chi connectivity index (χ4v) is 2.22. The summed E-state index contributed by atoms with van der Waals surface area (Å²) in [6.45, 7) is 1.93. The minimum atomic E-state index is -0.333. The molecule has 0 amide bonds. The van der Waals surface area contributed by atoms with Crippen LogP contribution in [0.15, 0.2) is 18.2 Å². The Kier molecular flexibility index (Phi) is 3.85. The molecular weight excluding hydrogens is 247 g/mol. The smallest absolute Gasteiger partial charge is 0.144 e. The average molecular weight is 264 g/mol. The summed E-state index contributed by atoms with van der Waals surface area (Å²) in [4.78, 5) is 4.45. The van der Waals surface area contributed by atoms with Gasteiger partial charge in [0.15, 0.2) is 0 Å². The first-order chi connectivity index (χ1) is 9.08. The third kappa shape index (κ3) is 2.46. The topological polar surface area (TPSA) is 47.3 Å². The fraction of sp³-hybridized carbons (Fsp3) is 0.357. The van der Waals surface area contributed by atoms with E-state index in [1.807, 2.05) is 18.5 Å². The Morgan fingerprint density at radius 1 is 1.42 bits per heavy atom. The Bertz CT molecular complexity index is 593. The summed E-state index contributed by atoms with van der Waals surface area (Å²) in [7, 11) is 3.39. The van der Waals surface area contributed by atoms with Gasteiger partial charge in [-0.3, -0.25) is 0 Å². The largest absolute Gasteiger partial charge is 0.496 e. The summed E-state index contributed by atoms with van der Waals surface area (Å²) in [6, 6.07) is 4.34. The van der Waals surface area contributed by atoms with E-state index in [2.05, 4.69) is 4.98 Å².